The van der Waals surface area contributed by atoms with Crippen LogP contribution in [0.15, 0.2) is 17.2 Å². The summed E-state index contributed by atoms with van der Waals surface area (Å²) in [5.74, 6) is 0.440. The summed E-state index contributed by atoms with van der Waals surface area (Å²) < 4.78 is 26.6. The Balaban J connectivity index is 2.07. The molecule has 1 N–H and O–H groups in total. The maximum absolute atomic E-state index is 12.0. The molecule has 1 aromatic rings. The van der Waals surface area contributed by atoms with E-state index < -0.39 is 10.0 Å². The third-order valence-corrected chi connectivity index (χ3v) is 5.19. The van der Waals surface area contributed by atoms with Crippen LogP contribution in [0, 0.1) is 5.92 Å². The molecule has 4 nitrogen and oxygen atoms in total. The topological polar surface area (TPSA) is 59.1 Å². The van der Waals surface area contributed by atoms with Crippen LogP contribution in [0.25, 0.3) is 0 Å². The average Bonchev–Trinajstić information content (AvgIpc) is 2.83. The molecule has 0 saturated heterocycles. The summed E-state index contributed by atoms with van der Waals surface area (Å²) in [5, 5.41) is 0.242. The molecule has 0 spiro atoms. The van der Waals surface area contributed by atoms with Crippen LogP contribution in [0.5, 0.6) is 0 Å². The smallest absolute Gasteiger partial charge is 0.242 e. The minimum atomic E-state index is -3.54. The zero-order chi connectivity index (χ0) is 13.2. The van der Waals surface area contributed by atoms with Gasteiger partial charge >= 0.3 is 0 Å². The van der Waals surface area contributed by atoms with Gasteiger partial charge in [-0.3, -0.25) is 0 Å². The average molecular weight is 309 g/mol. The first-order valence-electron chi connectivity index (χ1n) is 5.80. The van der Waals surface area contributed by atoms with Crippen molar-refractivity contribution in [2.45, 2.75) is 30.6 Å². The Morgan fingerprint density at radius 2 is 2.00 bits per heavy atom. The molecule has 7 heteroatoms. The molecule has 0 amide bonds. The number of sulfonamides is 1. The van der Waals surface area contributed by atoms with Crippen LogP contribution >= 0.6 is 23.2 Å². The third-order valence-electron chi connectivity index (χ3n) is 3.12. The maximum Gasteiger partial charge on any atom is 0.242 e. The number of aromatic nitrogens is 1. The molecule has 1 heterocycles. The Morgan fingerprint density at radius 1 is 1.33 bits per heavy atom. The summed E-state index contributed by atoms with van der Waals surface area (Å²) in [6, 6.07) is 1.31. The number of hydrogen-bond acceptors (Lipinski definition) is 3. The molecule has 0 aliphatic heterocycles. The van der Waals surface area contributed by atoms with E-state index in [1.54, 1.807) is 0 Å². The van der Waals surface area contributed by atoms with Gasteiger partial charge in [-0.2, -0.15) is 0 Å². The lowest BCUT2D eigenvalue weighted by atomic mass is 10.1. The highest BCUT2D eigenvalue weighted by Gasteiger charge is 2.20. The van der Waals surface area contributed by atoms with Crippen molar-refractivity contribution >= 4 is 33.2 Å². The molecule has 1 fully saturated rings. The minimum absolute atomic E-state index is 0.0508. The van der Waals surface area contributed by atoms with Crippen molar-refractivity contribution < 1.29 is 8.42 Å². The van der Waals surface area contributed by atoms with Crippen molar-refractivity contribution in [3.8, 4) is 0 Å². The van der Waals surface area contributed by atoms with E-state index in [4.69, 9.17) is 23.2 Å². The first-order valence-corrected chi connectivity index (χ1v) is 8.03. The van der Waals surface area contributed by atoms with Crippen LogP contribution in [0.4, 0.5) is 0 Å². The quantitative estimate of drug-likeness (QED) is 0.870. The van der Waals surface area contributed by atoms with E-state index in [1.165, 1.54) is 25.1 Å². The number of rotatable bonds is 4. The molecule has 0 atom stereocenters. The Morgan fingerprint density at radius 3 is 2.61 bits per heavy atom. The second kappa shape index (κ2) is 5.74. The number of nitrogens with one attached hydrogen (secondary N) is 1. The van der Waals surface area contributed by atoms with E-state index in [0.717, 1.165) is 12.8 Å². The molecule has 0 radical (unpaired) electrons. The van der Waals surface area contributed by atoms with Crippen LogP contribution in [0.1, 0.15) is 25.7 Å². The van der Waals surface area contributed by atoms with Gasteiger partial charge in [0.2, 0.25) is 10.0 Å². The Hall–Kier alpha value is -0.360. The molecule has 18 heavy (non-hydrogen) atoms. The molecule has 1 aliphatic rings. The lowest BCUT2D eigenvalue weighted by Crippen LogP contribution is -2.28. The summed E-state index contributed by atoms with van der Waals surface area (Å²) in [7, 11) is -3.54. The highest BCUT2D eigenvalue weighted by Crippen LogP contribution is 2.25. The van der Waals surface area contributed by atoms with Crippen LogP contribution < -0.4 is 4.72 Å². The minimum Gasteiger partial charge on any atom is -0.242 e. The summed E-state index contributed by atoms with van der Waals surface area (Å²) in [6.07, 6.45) is 5.75. The van der Waals surface area contributed by atoms with Gasteiger partial charge in [-0.15, -0.1) is 0 Å². The van der Waals surface area contributed by atoms with E-state index in [-0.39, 0.29) is 15.1 Å². The normalized spacial score (nSPS) is 17.2. The van der Waals surface area contributed by atoms with Crippen LogP contribution in [-0.2, 0) is 10.0 Å². The molecular weight excluding hydrogens is 295 g/mol. The summed E-state index contributed by atoms with van der Waals surface area (Å²) >= 11 is 11.4. The fourth-order valence-electron chi connectivity index (χ4n) is 2.08. The van der Waals surface area contributed by atoms with Gasteiger partial charge in [-0.25, -0.2) is 18.1 Å². The van der Waals surface area contributed by atoms with Crippen LogP contribution in [0.3, 0.4) is 0 Å². The van der Waals surface area contributed by atoms with Crippen molar-refractivity contribution in [3.63, 3.8) is 0 Å². The Bertz CT molecular complexity index is 528. The summed E-state index contributed by atoms with van der Waals surface area (Å²) in [4.78, 5) is 3.79. The SMILES string of the molecule is O=S(=O)(NCC1CCCC1)c1cnc(Cl)c(Cl)c1. The van der Waals surface area contributed by atoms with E-state index in [2.05, 4.69) is 9.71 Å². The predicted molar refractivity (Wildman–Crippen MR) is 71.4 cm³/mol. The molecule has 2 rings (SSSR count). The van der Waals surface area contributed by atoms with E-state index in [9.17, 15) is 8.42 Å². The van der Waals surface area contributed by atoms with Crippen LogP contribution in [0.2, 0.25) is 10.2 Å². The van der Waals surface area contributed by atoms with E-state index >= 15 is 0 Å². The van der Waals surface area contributed by atoms with Crippen molar-refractivity contribution in [1.82, 2.24) is 9.71 Å². The van der Waals surface area contributed by atoms with Gasteiger partial charge in [0, 0.05) is 12.7 Å². The lowest BCUT2D eigenvalue weighted by Gasteiger charge is -2.11. The molecule has 1 aromatic heterocycles. The highest BCUT2D eigenvalue weighted by molar-refractivity contribution is 7.89. The number of pyridine rings is 1. The molecular formula is C11H14Cl2N2O2S. The monoisotopic (exact) mass is 308 g/mol. The van der Waals surface area contributed by atoms with Crippen molar-refractivity contribution in [3.05, 3.63) is 22.4 Å². The molecule has 1 aliphatic carbocycles. The number of nitrogens with zero attached hydrogens (tertiary/aromatic N) is 1. The maximum atomic E-state index is 12.0. The molecule has 0 bridgehead atoms. The van der Waals surface area contributed by atoms with Gasteiger partial charge in [0.05, 0.1) is 5.02 Å². The van der Waals surface area contributed by atoms with Crippen molar-refractivity contribution in [2.24, 2.45) is 5.92 Å². The van der Waals surface area contributed by atoms with Crippen LogP contribution in [-0.4, -0.2) is 19.9 Å². The largest absolute Gasteiger partial charge is 0.242 e. The molecule has 100 valence electrons. The number of hydrogen-bond donors (Lipinski definition) is 1. The van der Waals surface area contributed by atoms with E-state index in [0.29, 0.717) is 12.5 Å². The van der Waals surface area contributed by atoms with Gasteiger partial charge in [-0.05, 0) is 24.8 Å². The fraction of sp³-hybridized carbons (Fsp3) is 0.545. The van der Waals surface area contributed by atoms with E-state index in [1.807, 2.05) is 0 Å². The molecule has 0 aromatic carbocycles. The van der Waals surface area contributed by atoms with Gasteiger partial charge in [0.25, 0.3) is 0 Å². The second-order valence-corrected chi connectivity index (χ2v) is 6.98. The third kappa shape index (κ3) is 3.35. The fourth-order valence-corrected chi connectivity index (χ4v) is 3.50. The Kier molecular flexibility index (Phi) is 4.48. The molecule has 1 saturated carbocycles. The Labute approximate surface area is 117 Å². The van der Waals surface area contributed by atoms with Gasteiger partial charge in [-0.1, -0.05) is 36.0 Å². The zero-order valence-corrected chi connectivity index (χ0v) is 12.0. The number of halogens is 2. The lowest BCUT2D eigenvalue weighted by molar-refractivity contribution is 0.519. The second-order valence-electron chi connectivity index (χ2n) is 4.45. The van der Waals surface area contributed by atoms with Crippen molar-refractivity contribution in [2.75, 3.05) is 6.54 Å². The van der Waals surface area contributed by atoms with Gasteiger partial charge in [0.1, 0.15) is 10.0 Å². The predicted octanol–water partition coefficient (Wildman–Crippen LogP) is 2.86. The van der Waals surface area contributed by atoms with Gasteiger partial charge < -0.3 is 0 Å². The standard InChI is InChI=1S/C11H14Cl2N2O2S/c12-10-5-9(7-14-11(10)13)18(16,17)15-6-8-3-1-2-4-8/h5,7-8,15H,1-4,6H2. The summed E-state index contributed by atoms with van der Waals surface area (Å²) in [5.41, 5.74) is 0. The zero-order valence-electron chi connectivity index (χ0n) is 9.70. The molecule has 0 unspecified atom stereocenters. The van der Waals surface area contributed by atoms with Crippen molar-refractivity contribution in [1.29, 1.82) is 0 Å². The van der Waals surface area contributed by atoms with Gasteiger partial charge in [0.15, 0.2) is 0 Å². The highest BCUT2D eigenvalue weighted by atomic mass is 35.5. The first-order chi connectivity index (χ1) is 8.49. The first kappa shape index (κ1) is 14.1. The summed E-state index contributed by atoms with van der Waals surface area (Å²) in [6.45, 7) is 0.475.